The van der Waals surface area contributed by atoms with Crippen LogP contribution in [-0.2, 0) is 6.54 Å². The summed E-state index contributed by atoms with van der Waals surface area (Å²) in [5.74, 6) is 1.58. The van der Waals surface area contributed by atoms with Crippen LogP contribution in [-0.4, -0.2) is 41.2 Å². The van der Waals surface area contributed by atoms with E-state index < -0.39 is 0 Å². The Morgan fingerprint density at radius 3 is 2.79 bits per heavy atom. The molecule has 1 aliphatic rings. The highest BCUT2D eigenvalue weighted by molar-refractivity contribution is 5.92. The van der Waals surface area contributed by atoms with Crippen molar-refractivity contribution >= 4 is 17.5 Å². The Hall–Kier alpha value is -2.57. The average molecular weight is 329 g/mol. The summed E-state index contributed by atoms with van der Waals surface area (Å²) in [6.45, 7) is 6.15. The molecule has 128 valence electrons. The maximum absolute atomic E-state index is 12.5. The van der Waals surface area contributed by atoms with Crippen LogP contribution in [0.5, 0.6) is 0 Å². The number of hydrogen-bond donors (Lipinski definition) is 1. The van der Waals surface area contributed by atoms with Gasteiger partial charge in [0.2, 0.25) is 0 Å². The van der Waals surface area contributed by atoms with E-state index in [1.165, 1.54) is 0 Å². The molecule has 24 heavy (non-hydrogen) atoms. The third-order valence-electron chi connectivity index (χ3n) is 4.36. The highest BCUT2D eigenvalue weighted by atomic mass is 16.5. The number of aromatic nitrogens is 2. The van der Waals surface area contributed by atoms with Gasteiger partial charge in [-0.15, -0.1) is 0 Å². The van der Waals surface area contributed by atoms with Crippen LogP contribution in [0.1, 0.15) is 29.9 Å². The van der Waals surface area contributed by atoms with Crippen molar-refractivity contribution in [2.75, 3.05) is 30.4 Å². The second-order valence-corrected chi connectivity index (χ2v) is 6.16. The lowest BCUT2D eigenvalue weighted by atomic mass is 10.2. The molecule has 0 radical (unpaired) electrons. The van der Waals surface area contributed by atoms with E-state index in [4.69, 9.17) is 4.52 Å². The molecule has 0 aliphatic carbocycles. The molecule has 0 aromatic carbocycles. The zero-order valence-electron chi connectivity index (χ0n) is 14.4. The summed E-state index contributed by atoms with van der Waals surface area (Å²) >= 11 is 0. The molecule has 1 fully saturated rings. The molecular formula is C17H23N5O2. The van der Waals surface area contributed by atoms with Gasteiger partial charge < -0.3 is 19.6 Å². The number of nitrogens with zero attached hydrogens (tertiary/aromatic N) is 4. The van der Waals surface area contributed by atoms with Gasteiger partial charge in [-0.3, -0.25) is 0 Å². The van der Waals surface area contributed by atoms with E-state index in [0.29, 0.717) is 6.54 Å². The second kappa shape index (κ2) is 6.90. The summed E-state index contributed by atoms with van der Waals surface area (Å²) in [7, 11) is 1.76. The normalized spacial score (nSPS) is 14.0. The van der Waals surface area contributed by atoms with Crippen molar-refractivity contribution in [3.05, 3.63) is 35.3 Å². The molecular weight excluding hydrogens is 306 g/mol. The topological polar surface area (TPSA) is 74.5 Å². The summed E-state index contributed by atoms with van der Waals surface area (Å²) in [5, 5.41) is 6.90. The van der Waals surface area contributed by atoms with Crippen LogP contribution in [0.3, 0.4) is 0 Å². The van der Waals surface area contributed by atoms with Crippen molar-refractivity contribution in [1.82, 2.24) is 15.0 Å². The van der Waals surface area contributed by atoms with Gasteiger partial charge in [0.05, 0.1) is 17.9 Å². The molecule has 0 spiro atoms. The van der Waals surface area contributed by atoms with E-state index in [1.54, 1.807) is 18.1 Å². The number of carbonyl (C=O) groups is 1. The first kappa shape index (κ1) is 16.3. The van der Waals surface area contributed by atoms with Gasteiger partial charge in [0.1, 0.15) is 5.76 Å². The molecule has 3 heterocycles. The van der Waals surface area contributed by atoms with Crippen LogP contribution in [0.25, 0.3) is 0 Å². The molecule has 2 aromatic heterocycles. The number of anilines is 2. The standard InChI is InChI=1S/C17H23N5O2/c1-12-14(13(2)24-20-12)11-21(3)17(23)19-15-7-6-8-18-16(15)22-9-4-5-10-22/h6-8H,4-5,9-11H2,1-3H3,(H,19,23). The molecule has 2 aromatic rings. The summed E-state index contributed by atoms with van der Waals surface area (Å²) in [5.41, 5.74) is 2.50. The fourth-order valence-corrected chi connectivity index (χ4v) is 2.92. The molecule has 1 N–H and O–H groups in total. The lowest BCUT2D eigenvalue weighted by Gasteiger charge is -2.22. The highest BCUT2D eigenvalue weighted by Gasteiger charge is 2.20. The Morgan fingerprint density at radius 1 is 1.38 bits per heavy atom. The Labute approximate surface area is 141 Å². The molecule has 0 unspecified atom stereocenters. The van der Waals surface area contributed by atoms with Gasteiger partial charge in [-0.2, -0.15) is 0 Å². The number of aryl methyl sites for hydroxylation is 2. The number of amides is 2. The second-order valence-electron chi connectivity index (χ2n) is 6.16. The molecule has 7 nitrogen and oxygen atoms in total. The van der Waals surface area contributed by atoms with Crippen LogP contribution in [0.15, 0.2) is 22.9 Å². The fourth-order valence-electron chi connectivity index (χ4n) is 2.92. The molecule has 0 saturated carbocycles. The molecule has 3 rings (SSSR count). The van der Waals surface area contributed by atoms with Crippen LogP contribution in [0.2, 0.25) is 0 Å². The Kier molecular flexibility index (Phi) is 4.69. The number of pyridine rings is 1. The molecule has 0 bridgehead atoms. The van der Waals surface area contributed by atoms with Crippen molar-refractivity contribution in [2.45, 2.75) is 33.2 Å². The first-order chi connectivity index (χ1) is 11.6. The van der Waals surface area contributed by atoms with E-state index >= 15 is 0 Å². The van der Waals surface area contributed by atoms with Crippen LogP contribution in [0, 0.1) is 13.8 Å². The van der Waals surface area contributed by atoms with Gasteiger partial charge >= 0.3 is 6.03 Å². The quantitative estimate of drug-likeness (QED) is 0.933. The molecule has 1 saturated heterocycles. The van der Waals surface area contributed by atoms with Gasteiger partial charge in [0.15, 0.2) is 5.82 Å². The third-order valence-corrected chi connectivity index (χ3v) is 4.36. The molecule has 1 aliphatic heterocycles. The minimum Gasteiger partial charge on any atom is -0.361 e. The number of urea groups is 1. The summed E-state index contributed by atoms with van der Waals surface area (Å²) in [6, 6.07) is 3.55. The minimum absolute atomic E-state index is 0.177. The number of hydrogen-bond acceptors (Lipinski definition) is 5. The smallest absolute Gasteiger partial charge is 0.321 e. The van der Waals surface area contributed by atoms with Crippen molar-refractivity contribution in [3.8, 4) is 0 Å². The van der Waals surface area contributed by atoms with E-state index in [2.05, 4.69) is 20.4 Å². The predicted octanol–water partition coefficient (Wildman–Crippen LogP) is 2.95. The third kappa shape index (κ3) is 3.34. The van der Waals surface area contributed by atoms with Crippen molar-refractivity contribution < 1.29 is 9.32 Å². The number of carbonyl (C=O) groups excluding carboxylic acids is 1. The molecule has 7 heteroatoms. The number of rotatable bonds is 4. The Balaban J connectivity index is 1.70. The van der Waals surface area contributed by atoms with E-state index in [-0.39, 0.29) is 6.03 Å². The van der Waals surface area contributed by atoms with Gasteiger partial charge in [0.25, 0.3) is 0 Å². The minimum atomic E-state index is -0.177. The van der Waals surface area contributed by atoms with Crippen LogP contribution >= 0.6 is 0 Å². The predicted molar refractivity (Wildman–Crippen MR) is 92.1 cm³/mol. The van der Waals surface area contributed by atoms with Gasteiger partial charge in [0, 0.05) is 31.9 Å². The van der Waals surface area contributed by atoms with Crippen molar-refractivity contribution in [2.24, 2.45) is 0 Å². The zero-order chi connectivity index (χ0) is 17.1. The summed E-state index contributed by atoms with van der Waals surface area (Å²) in [4.78, 5) is 20.8. The van der Waals surface area contributed by atoms with Crippen molar-refractivity contribution in [3.63, 3.8) is 0 Å². The van der Waals surface area contributed by atoms with Gasteiger partial charge in [-0.1, -0.05) is 5.16 Å². The van der Waals surface area contributed by atoms with Gasteiger partial charge in [-0.05, 0) is 38.8 Å². The fraction of sp³-hybridized carbons (Fsp3) is 0.471. The SMILES string of the molecule is Cc1noc(C)c1CN(C)C(=O)Nc1cccnc1N1CCCC1. The largest absolute Gasteiger partial charge is 0.361 e. The maximum atomic E-state index is 12.5. The zero-order valence-corrected chi connectivity index (χ0v) is 14.4. The Morgan fingerprint density at radius 2 is 2.12 bits per heavy atom. The van der Waals surface area contributed by atoms with Crippen molar-refractivity contribution in [1.29, 1.82) is 0 Å². The first-order valence-corrected chi connectivity index (χ1v) is 8.20. The van der Waals surface area contributed by atoms with Gasteiger partial charge in [-0.25, -0.2) is 9.78 Å². The van der Waals surface area contributed by atoms with Crippen LogP contribution < -0.4 is 10.2 Å². The molecule has 0 atom stereocenters. The monoisotopic (exact) mass is 329 g/mol. The summed E-state index contributed by atoms with van der Waals surface area (Å²) < 4.78 is 5.16. The maximum Gasteiger partial charge on any atom is 0.321 e. The van der Waals surface area contributed by atoms with E-state index in [9.17, 15) is 4.79 Å². The van der Waals surface area contributed by atoms with E-state index in [0.717, 1.165) is 54.5 Å². The molecule has 2 amide bonds. The lowest BCUT2D eigenvalue weighted by molar-refractivity contribution is 0.220. The van der Waals surface area contributed by atoms with E-state index in [1.807, 2.05) is 26.0 Å². The average Bonchev–Trinajstić information content (AvgIpc) is 3.21. The highest BCUT2D eigenvalue weighted by Crippen LogP contribution is 2.26. The lowest BCUT2D eigenvalue weighted by Crippen LogP contribution is -2.32. The summed E-state index contributed by atoms with van der Waals surface area (Å²) in [6.07, 6.45) is 4.09. The first-order valence-electron chi connectivity index (χ1n) is 8.20. The van der Waals surface area contributed by atoms with Crippen LogP contribution in [0.4, 0.5) is 16.3 Å². The number of nitrogens with one attached hydrogen (secondary N) is 1. The Bertz CT molecular complexity index is 702.